The highest BCUT2D eigenvalue weighted by atomic mass is 35.5. The van der Waals surface area contributed by atoms with E-state index in [1.54, 1.807) is 19.2 Å². The van der Waals surface area contributed by atoms with Crippen LogP contribution in [0, 0.1) is 0 Å². The maximum absolute atomic E-state index is 12.9. The molecule has 6 nitrogen and oxygen atoms in total. The lowest BCUT2D eigenvalue weighted by molar-refractivity contribution is -0.118. The number of halogens is 1. The molecule has 3 aromatic rings. The fraction of sp³-hybridized carbons (Fsp3) is 0.286. The lowest BCUT2D eigenvalue weighted by atomic mass is 10.0. The molecule has 28 heavy (non-hydrogen) atoms. The van der Waals surface area contributed by atoms with E-state index in [2.05, 4.69) is 10.1 Å². The van der Waals surface area contributed by atoms with E-state index >= 15 is 0 Å². The van der Waals surface area contributed by atoms with Crippen molar-refractivity contribution in [2.75, 3.05) is 18.6 Å². The van der Waals surface area contributed by atoms with E-state index in [9.17, 15) is 4.79 Å². The molecule has 0 N–H and O–H groups in total. The van der Waals surface area contributed by atoms with Gasteiger partial charge in [0.25, 0.3) is 0 Å². The number of benzene rings is 2. The molecule has 1 amide bonds. The van der Waals surface area contributed by atoms with Crippen LogP contribution < -0.4 is 9.64 Å². The van der Waals surface area contributed by atoms with Crippen molar-refractivity contribution in [2.24, 2.45) is 0 Å². The first-order valence-electron chi connectivity index (χ1n) is 9.20. The predicted molar refractivity (Wildman–Crippen MR) is 107 cm³/mol. The van der Waals surface area contributed by atoms with E-state index in [0.29, 0.717) is 36.1 Å². The number of carbonyl (C=O) groups excluding carboxylic acids is 1. The highest BCUT2D eigenvalue weighted by Gasteiger charge is 2.26. The molecular weight excluding hydrogens is 378 g/mol. The summed E-state index contributed by atoms with van der Waals surface area (Å²) >= 11 is 5.90. The lowest BCUT2D eigenvalue weighted by Gasteiger charge is -2.30. The Bertz CT molecular complexity index is 971. The number of hydrogen-bond donors (Lipinski definition) is 0. The number of amides is 1. The van der Waals surface area contributed by atoms with Gasteiger partial charge in [0, 0.05) is 30.0 Å². The summed E-state index contributed by atoms with van der Waals surface area (Å²) < 4.78 is 10.8. The number of para-hydroxylation sites is 1. The van der Waals surface area contributed by atoms with Crippen molar-refractivity contribution in [1.29, 1.82) is 0 Å². The molecule has 0 spiro atoms. The van der Waals surface area contributed by atoms with Crippen LogP contribution in [-0.2, 0) is 17.6 Å². The first-order valence-corrected chi connectivity index (χ1v) is 9.58. The fourth-order valence-electron chi connectivity index (χ4n) is 3.45. The van der Waals surface area contributed by atoms with Gasteiger partial charge >= 0.3 is 0 Å². The molecule has 0 bridgehead atoms. The largest absolute Gasteiger partial charge is 0.495 e. The molecule has 2 heterocycles. The topological polar surface area (TPSA) is 68.5 Å². The molecule has 7 heteroatoms. The van der Waals surface area contributed by atoms with E-state index in [4.69, 9.17) is 20.9 Å². The maximum Gasteiger partial charge on any atom is 0.227 e. The molecule has 2 aromatic carbocycles. The molecule has 0 saturated carbocycles. The van der Waals surface area contributed by atoms with Crippen molar-refractivity contribution in [3.63, 3.8) is 0 Å². The number of ether oxygens (including phenoxy) is 1. The average molecular weight is 398 g/mol. The van der Waals surface area contributed by atoms with E-state index in [-0.39, 0.29) is 5.91 Å². The summed E-state index contributed by atoms with van der Waals surface area (Å²) in [5.41, 5.74) is 2.84. The second-order valence-electron chi connectivity index (χ2n) is 6.64. The van der Waals surface area contributed by atoms with E-state index < -0.39 is 0 Å². The third-order valence-electron chi connectivity index (χ3n) is 4.82. The molecule has 1 aromatic heterocycles. The van der Waals surface area contributed by atoms with Crippen molar-refractivity contribution in [3.8, 4) is 17.1 Å². The summed E-state index contributed by atoms with van der Waals surface area (Å²) in [7, 11) is 1.63. The minimum Gasteiger partial charge on any atom is -0.495 e. The molecule has 0 atom stereocenters. The van der Waals surface area contributed by atoms with Gasteiger partial charge in [0.15, 0.2) is 0 Å². The molecule has 0 aliphatic carbocycles. The van der Waals surface area contributed by atoms with Crippen LogP contribution in [0.2, 0.25) is 5.02 Å². The molecule has 1 aliphatic heterocycles. The van der Waals surface area contributed by atoms with Gasteiger partial charge in [0.05, 0.1) is 12.8 Å². The Morgan fingerprint density at radius 1 is 1.25 bits per heavy atom. The van der Waals surface area contributed by atoms with E-state index in [0.717, 1.165) is 35.4 Å². The number of hydrogen-bond acceptors (Lipinski definition) is 5. The standard InChI is InChI=1S/C21H20ClN3O3/c1-27-17-6-2-4-14-5-3-13-25(20(14)17)19(26)12-11-18-23-21(24-28-18)15-7-9-16(22)10-8-15/h2,4,6-10H,3,5,11-13H2,1H3. The quantitative estimate of drug-likeness (QED) is 0.641. The Hall–Kier alpha value is -2.86. The summed E-state index contributed by atoms with van der Waals surface area (Å²) in [6, 6.07) is 13.1. The Morgan fingerprint density at radius 3 is 2.86 bits per heavy atom. The molecule has 1 aliphatic rings. The van der Waals surface area contributed by atoms with Gasteiger partial charge in [-0.15, -0.1) is 0 Å². The van der Waals surface area contributed by atoms with Gasteiger partial charge in [-0.05, 0) is 48.7 Å². The first kappa shape index (κ1) is 18.5. The van der Waals surface area contributed by atoms with Gasteiger partial charge in [0.2, 0.25) is 17.6 Å². The van der Waals surface area contributed by atoms with Crippen molar-refractivity contribution >= 4 is 23.2 Å². The number of carbonyl (C=O) groups is 1. The monoisotopic (exact) mass is 397 g/mol. The fourth-order valence-corrected chi connectivity index (χ4v) is 3.58. The normalized spacial score (nSPS) is 13.3. The summed E-state index contributed by atoms with van der Waals surface area (Å²) in [4.78, 5) is 19.1. The number of aromatic nitrogens is 2. The van der Waals surface area contributed by atoms with Gasteiger partial charge in [-0.2, -0.15) is 4.98 Å². The molecule has 0 fully saturated rings. The first-order chi connectivity index (χ1) is 13.7. The number of rotatable bonds is 5. The molecule has 0 saturated heterocycles. The van der Waals surface area contributed by atoms with Crippen LogP contribution in [0.4, 0.5) is 5.69 Å². The van der Waals surface area contributed by atoms with Crippen LogP contribution in [0.5, 0.6) is 5.75 Å². The van der Waals surface area contributed by atoms with Crippen LogP contribution in [0.1, 0.15) is 24.3 Å². The van der Waals surface area contributed by atoms with Gasteiger partial charge < -0.3 is 14.2 Å². The molecule has 144 valence electrons. The third-order valence-corrected chi connectivity index (χ3v) is 5.08. The molecule has 0 unspecified atom stereocenters. The summed E-state index contributed by atoms with van der Waals surface area (Å²) in [5, 5.41) is 4.64. The summed E-state index contributed by atoms with van der Waals surface area (Å²) in [6.45, 7) is 0.687. The number of nitrogens with zero attached hydrogens (tertiary/aromatic N) is 3. The van der Waals surface area contributed by atoms with Crippen LogP contribution in [0.15, 0.2) is 47.0 Å². The Kier molecular flexibility index (Phi) is 5.30. The summed E-state index contributed by atoms with van der Waals surface area (Å²) in [6.07, 6.45) is 2.57. The predicted octanol–water partition coefficient (Wildman–Crippen LogP) is 4.31. The molecule has 4 rings (SSSR count). The Balaban J connectivity index is 1.46. The minimum atomic E-state index is 0.0247. The van der Waals surface area contributed by atoms with Gasteiger partial charge in [-0.25, -0.2) is 0 Å². The Labute approximate surface area is 168 Å². The molecule has 0 radical (unpaired) electrons. The van der Waals surface area contributed by atoms with Crippen molar-refractivity contribution in [3.05, 3.63) is 58.9 Å². The lowest BCUT2D eigenvalue weighted by Crippen LogP contribution is -2.36. The second-order valence-corrected chi connectivity index (χ2v) is 7.07. The zero-order chi connectivity index (χ0) is 19.5. The van der Waals surface area contributed by atoms with Gasteiger partial charge in [-0.1, -0.05) is 28.9 Å². The van der Waals surface area contributed by atoms with Crippen LogP contribution >= 0.6 is 11.6 Å². The number of fused-ring (bicyclic) bond motifs is 1. The smallest absolute Gasteiger partial charge is 0.227 e. The highest BCUT2D eigenvalue weighted by molar-refractivity contribution is 6.30. The number of anilines is 1. The SMILES string of the molecule is COc1cccc2c1N(C(=O)CCc1nc(-c3ccc(Cl)cc3)no1)CCC2. The van der Waals surface area contributed by atoms with Crippen LogP contribution in [0.25, 0.3) is 11.4 Å². The van der Waals surface area contributed by atoms with E-state index in [1.165, 1.54) is 0 Å². The third kappa shape index (κ3) is 3.73. The van der Waals surface area contributed by atoms with E-state index in [1.807, 2.05) is 35.2 Å². The highest BCUT2D eigenvalue weighted by Crippen LogP contribution is 2.36. The van der Waals surface area contributed by atoms with Crippen LogP contribution in [-0.4, -0.2) is 29.7 Å². The zero-order valence-corrected chi connectivity index (χ0v) is 16.3. The summed E-state index contributed by atoms with van der Waals surface area (Å²) in [5.74, 6) is 1.68. The van der Waals surface area contributed by atoms with Crippen LogP contribution in [0.3, 0.4) is 0 Å². The van der Waals surface area contributed by atoms with Gasteiger partial charge in [-0.3, -0.25) is 4.79 Å². The average Bonchev–Trinajstić information content (AvgIpc) is 3.20. The van der Waals surface area contributed by atoms with Crippen molar-refractivity contribution in [2.45, 2.75) is 25.7 Å². The van der Waals surface area contributed by atoms with Gasteiger partial charge in [0.1, 0.15) is 5.75 Å². The second kappa shape index (κ2) is 8.02. The van der Waals surface area contributed by atoms with Crippen molar-refractivity contribution < 1.29 is 14.1 Å². The number of methoxy groups -OCH3 is 1. The minimum absolute atomic E-state index is 0.0247. The van der Waals surface area contributed by atoms with Crippen molar-refractivity contribution in [1.82, 2.24) is 10.1 Å². The molecular formula is C21H20ClN3O3. The zero-order valence-electron chi connectivity index (χ0n) is 15.5. The number of aryl methyl sites for hydroxylation is 2. The maximum atomic E-state index is 12.9. The Morgan fingerprint density at radius 2 is 2.07 bits per heavy atom.